The molecule has 142 valence electrons. The minimum absolute atomic E-state index is 0.0124. The summed E-state index contributed by atoms with van der Waals surface area (Å²) < 4.78 is 5.20. The van der Waals surface area contributed by atoms with E-state index in [4.69, 9.17) is 4.74 Å². The standard InChI is InChI=1S/C22H26N2O3/c1-15-11-16(2)13-18(12-15)22(26)23-14-21(25)24-10-4-5-20(24)17-6-8-19(27-3)9-7-17/h6-9,11-13,20H,4-5,10,14H2,1-3H3,(H,23,26)/t20-/m1/s1. The van der Waals surface area contributed by atoms with Gasteiger partial charge < -0.3 is 15.0 Å². The van der Waals surface area contributed by atoms with Gasteiger partial charge in [-0.3, -0.25) is 9.59 Å². The number of nitrogens with one attached hydrogen (secondary N) is 1. The first-order valence-electron chi connectivity index (χ1n) is 9.28. The minimum Gasteiger partial charge on any atom is -0.497 e. The number of aryl methyl sites for hydroxylation is 2. The Bertz CT molecular complexity index is 810. The third kappa shape index (κ3) is 4.48. The summed E-state index contributed by atoms with van der Waals surface area (Å²) in [5.74, 6) is 0.539. The molecule has 1 N–H and O–H groups in total. The largest absolute Gasteiger partial charge is 0.497 e. The summed E-state index contributed by atoms with van der Waals surface area (Å²) >= 11 is 0. The first-order valence-corrected chi connectivity index (χ1v) is 9.28. The van der Waals surface area contributed by atoms with Gasteiger partial charge in [-0.2, -0.15) is 0 Å². The summed E-state index contributed by atoms with van der Waals surface area (Å²) in [4.78, 5) is 27.0. The molecular formula is C22H26N2O3. The van der Waals surface area contributed by atoms with Gasteiger partial charge in [0.25, 0.3) is 5.91 Å². The molecular weight excluding hydrogens is 340 g/mol. The SMILES string of the molecule is COc1ccc([C@H]2CCCN2C(=O)CNC(=O)c2cc(C)cc(C)c2)cc1. The fraction of sp³-hybridized carbons (Fsp3) is 0.364. The molecule has 3 rings (SSSR count). The molecule has 0 spiro atoms. The molecule has 1 atom stereocenters. The van der Waals surface area contributed by atoms with Crippen LogP contribution in [0.15, 0.2) is 42.5 Å². The Labute approximate surface area is 160 Å². The molecule has 2 aromatic carbocycles. The molecule has 0 bridgehead atoms. The van der Waals surface area contributed by atoms with Crippen LogP contribution in [-0.4, -0.2) is 36.9 Å². The van der Waals surface area contributed by atoms with Gasteiger partial charge in [0, 0.05) is 12.1 Å². The summed E-state index contributed by atoms with van der Waals surface area (Å²) in [7, 11) is 1.64. The molecule has 2 aromatic rings. The molecule has 0 saturated carbocycles. The van der Waals surface area contributed by atoms with Crippen LogP contribution in [0.5, 0.6) is 5.75 Å². The number of ether oxygens (including phenoxy) is 1. The Balaban J connectivity index is 1.63. The number of hydrogen-bond donors (Lipinski definition) is 1. The molecule has 5 nitrogen and oxygen atoms in total. The van der Waals surface area contributed by atoms with Crippen molar-refractivity contribution >= 4 is 11.8 Å². The number of hydrogen-bond acceptors (Lipinski definition) is 3. The number of amides is 2. The zero-order valence-corrected chi connectivity index (χ0v) is 16.1. The second-order valence-corrected chi connectivity index (χ2v) is 7.08. The fourth-order valence-corrected chi connectivity index (χ4v) is 3.70. The molecule has 1 aliphatic rings. The van der Waals surface area contributed by atoms with Gasteiger partial charge in [0.1, 0.15) is 5.75 Å². The lowest BCUT2D eigenvalue weighted by molar-refractivity contribution is -0.131. The van der Waals surface area contributed by atoms with Crippen LogP contribution in [0.2, 0.25) is 0 Å². The highest BCUT2D eigenvalue weighted by molar-refractivity contribution is 5.96. The van der Waals surface area contributed by atoms with E-state index in [1.165, 1.54) is 0 Å². The van der Waals surface area contributed by atoms with Gasteiger partial charge in [0.05, 0.1) is 19.7 Å². The van der Waals surface area contributed by atoms with Crippen LogP contribution in [0, 0.1) is 13.8 Å². The quantitative estimate of drug-likeness (QED) is 0.882. The van der Waals surface area contributed by atoms with E-state index in [-0.39, 0.29) is 24.4 Å². The summed E-state index contributed by atoms with van der Waals surface area (Å²) in [6.07, 6.45) is 1.90. The van der Waals surface area contributed by atoms with Gasteiger partial charge in [-0.25, -0.2) is 0 Å². The number of rotatable bonds is 5. The van der Waals surface area contributed by atoms with E-state index in [0.717, 1.165) is 41.8 Å². The van der Waals surface area contributed by atoms with E-state index in [0.29, 0.717) is 5.56 Å². The lowest BCUT2D eigenvalue weighted by atomic mass is 10.0. The maximum atomic E-state index is 12.7. The first kappa shape index (κ1) is 19.0. The van der Waals surface area contributed by atoms with Crippen LogP contribution in [-0.2, 0) is 4.79 Å². The van der Waals surface area contributed by atoms with E-state index in [1.807, 2.05) is 61.2 Å². The summed E-state index contributed by atoms with van der Waals surface area (Å²) in [6, 6.07) is 13.6. The normalized spacial score (nSPS) is 16.3. The average molecular weight is 366 g/mol. The Hall–Kier alpha value is -2.82. The van der Waals surface area contributed by atoms with Gasteiger partial charge in [-0.15, -0.1) is 0 Å². The van der Waals surface area contributed by atoms with Crippen molar-refractivity contribution in [1.29, 1.82) is 0 Å². The Morgan fingerprint density at radius 2 is 1.78 bits per heavy atom. The van der Waals surface area contributed by atoms with Crippen molar-refractivity contribution in [2.24, 2.45) is 0 Å². The number of likely N-dealkylation sites (tertiary alicyclic amines) is 1. The van der Waals surface area contributed by atoms with Crippen molar-refractivity contribution in [1.82, 2.24) is 10.2 Å². The number of benzene rings is 2. The van der Waals surface area contributed by atoms with Gasteiger partial charge in [-0.1, -0.05) is 29.3 Å². The van der Waals surface area contributed by atoms with Gasteiger partial charge in [0.15, 0.2) is 0 Å². The number of methoxy groups -OCH3 is 1. The highest BCUT2D eigenvalue weighted by Crippen LogP contribution is 2.32. The van der Waals surface area contributed by atoms with E-state index in [9.17, 15) is 9.59 Å². The fourth-order valence-electron chi connectivity index (χ4n) is 3.70. The molecule has 2 amide bonds. The van der Waals surface area contributed by atoms with Gasteiger partial charge >= 0.3 is 0 Å². The van der Waals surface area contributed by atoms with Crippen molar-refractivity contribution in [2.75, 3.05) is 20.2 Å². The minimum atomic E-state index is -0.213. The molecule has 0 radical (unpaired) electrons. The average Bonchev–Trinajstić information content (AvgIpc) is 3.15. The maximum Gasteiger partial charge on any atom is 0.251 e. The zero-order valence-electron chi connectivity index (χ0n) is 16.1. The summed E-state index contributed by atoms with van der Waals surface area (Å²) in [5.41, 5.74) is 3.76. The molecule has 5 heteroatoms. The Morgan fingerprint density at radius 1 is 1.11 bits per heavy atom. The van der Waals surface area contributed by atoms with E-state index in [2.05, 4.69) is 5.32 Å². The van der Waals surface area contributed by atoms with Crippen molar-refractivity contribution in [2.45, 2.75) is 32.7 Å². The number of nitrogens with zero attached hydrogens (tertiary/aromatic N) is 1. The molecule has 0 aromatic heterocycles. The van der Waals surface area contributed by atoms with Gasteiger partial charge in [-0.05, 0) is 56.5 Å². The third-order valence-electron chi connectivity index (χ3n) is 4.96. The van der Waals surface area contributed by atoms with Crippen molar-refractivity contribution in [3.63, 3.8) is 0 Å². The number of carbonyl (C=O) groups is 2. The van der Waals surface area contributed by atoms with Crippen LogP contribution < -0.4 is 10.1 Å². The smallest absolute Gasteiger partial charge is 0.251 e. The van der Waals surface area contributed by atoms with E-state index < -0.39 is 0 Å². The topological polar surface area (TPSA) is 58.6 Å². The molecule has 0 unspecified atom stereocenters. The maximum absolute atomic E-state index is 12.7. The van der Waals surface area contributed by atoms with E-state index >= 15 is 0 Å². The van der Waals surface area contributed by atoms with Crippen molar-refractivity contribution in [3.8, 4) is 5.75 Å². The Kier molecular flexibility index (Phi) is 5.79. The Morgan fingerprint density at radius 3 is 2.41 bits per heavy atom. The van der Waals surface area contributed by atoms with Crippen molar-refractivity contribution in [3.05, 3.63) is 64.7 Å². The zero-order chi connectivity index (χ0) is 19.4. The molecule has 1 aliphatic heterocycles. The first-order chi connectivity index (χ1) is 13.0. The third-order valence-corrected chi connectivity index (χ3v) is 4.96. The van der Waals surface area contributed by atoms with Crippen LogP contribution in [0.25, 0.3) is 0 Å². The van der Waals surface area contributed by atoms with Crippen LogP contribution >= 0.6 is 0 Å². The van der Waals surface area contributed by atoms with Crippen LogP contribution in [0.4, 0.5) is 0 Å². The van der Waals surface area contributed by atoms with E-state index in [1.54, 1.807) is 7.11 Å². The van der Waals surface area contributed by atoms with Crippen LogP contribution in [0.1, 0.15) is 45.9 Å². The predicted octanol–water partition coefficient (Wildman–Crippen LogP) is 3.41. The second-order valence-electron chi connectivity index (χ2n) is 7.08. The molecule has 0 aliphatic carbocycles. The molecule has 1 heterocycles. The highest BCUT2D eigenvalue weighted by atomic mass is 16.5. The summed E-state index contributed by atoms with van der Waals surface area (Å²) in [5, 5.41) is 2.77. The predicted molar refractivity (Wildman–Crippen MR) is 105 cm³/mol. The summed E-state index contributed by atoms with van der Waals surface area (Å²) in [6.45, 7) is 4.64. The highest BCUT2D eigenvalue weighted by Gasteiger charge is 2.29. The number of carbonyl (C=O) groups excluding carboxylic acids is 2. The van der Waals surface area contributed by atoms with Crippen LogP contribution in [0.3, 0.4) is 0 Å². The van der Waals surface area contributed by atoms with Gasteiger partial charge in [0.2, 0.25) is 5.91 Å². The lowest BCUT2D eigenvalue weighted by Crippen LogP contribution is -2.39. The van der Waals surface area contributed by atoms with Crippen molar-refractivity contribution < 1.29 is 14.3 Å². The molecule has 1 fully saturated rings. The monoisotopic (exact) mass is 366 g/mol. The molecule has 1 saturated heterocycles. The second kappa shape index (κ2) is 8.25. The molecule has 27 heavy (non-hydrogen) atoms. The lowest BCUT2D eigenvalue weighted by Gasteiger charge is -2.25.